The van der Waals surface area contributed by atoms with Gasteiger partial charge in [-0.25, -0.2) is 0 Å². The smallest absolute Gasteiger partial charge is 0.307 e. The second-order valence-corrected chi connectivity index (χ2v) is 3.51. The second kappa shape index (κ2) is 4.11. The Labute approximate surface area is 88.5 Å². The number of nitriles is 1. The minimum absolute atomic E-state index is 0.0654. The van der Waals surface area contributed by atoms with Crippen LogP contribution in [0.4, 0.5) is 0 Å². The third-order valence-corrected chi connectivity index (χ3v) is 2.20. The first-order valence-corrected chi connectivity index (χ1v) is 4.47. The second-order valence-electron chi connectivity index (χ2n) is 2.66. The van der Waals surface area contributed by atoms with E-state index in [2.05, 4.69) is 15.9 Å². The van der Waals surface area contributed by atoms with Crippen LogP contribution in [-0.4, -0.2) is 16.2 Å². The highest BCUT2D eigenvalue weighted by Crippen LogP contribution is 2.28. The summed E-state index contributed by atoms with van der Waals surface area (Å²) in [4.78, 5) is 10.4. The molecule has 0 aromatic heterocycles. The van der Waals surface area contributed by atoms with E-state index in [1.54, 1.807) is 6.07 Å². The van der Waals surface area contributed by atoms with Crippen molar-refractivity contribution < 1.29 is 15.0 Å². The van der Waals surface area contributed by atoms with Gasteiger partial charge in [0.05, 0.1) is 16.5 Å². The SMILES string of the molecule is N#Cc1cc(CC(=O)O)cc(Br)c1O. The van der Waals surface area contributed by atoms with Crippen molar-refractivity contribution in [2.75, 3.05) is 0 Å². The number of aliphatic carboxylic acids is 1. The molecule has 0 saturated carbocycles. The Morgan fingerprint density at radius 2 is 2.21 bits per heavy atom. The number of phenolic OH excluding ortho intramolecular Hbond substituents is 1. The number of hydrogen-bond donors (Lipinski definition) is 2. The zero-order valence-electron chi connectivity index (χ0n) is 6.99. The number of carbonyl (C=O) groups is 1. The zero-order chi connectivity index (χ0) is 10.7. The third kappa shape index (κ3) is 2.24. The van der Waals surface area contributed by atoms with E-state index in [4.69, 9.17) is 10.4 Å². The van der Waals surface area contributed by atoms with Gasteiger partial charge in [-0.3, -0.25) is 4.79 Å². The van der Waals surface area contributed by atoms with E-state index in [1.807, 2.05) is 0 Å². The van der Waals surface area contributed by atoms with Crippen molar-refractivity contribution in [1.82, 2.24) is 0 Å². The number of phenols is 1. The predicted molar refractivity (Wildman–Crippen MR) is 51.9 cm³/mol. The highest BCUT2D eigenvalue weighted by molar-refractivity contribution is 9.10. The summed E-state index contributed by atoms with van der Waals surface area (Å²) < 4.78 is 0.327. The van der Waals surface area contributed by atoms with Crippen molar-refractivity contribution >= 4 is 21.9 Å². The average Bonchev–Trinajstić information content (AvgIpc) is 2.10. The van der Waals surface area contributed by atoms with E-state index in [0.717, 1.165) is 0 Å². The largest absolute Gasteiger partial charge is 0.505 e. The molecule has 0 bridgehead atoms. The Kier molecular flexibility index (Phi) is 3.10. The molecule has 0 atom stereocenters. The Balaban J connectivity index is 3.18. The molecule has 4 nitrogen and oxygen atoms in total. The first kappa shape index (κ1) is 10.5. The Morgan fingerprint density at radius 3 is 2.71 bits per heavy atom. The Hall–Kier alpha value is -1.54. The molecule has 0 aliphatic carbocycles. The fourth-order valence-electron chi connectivity index (χ4n) is 1.02. The molecule has 1 aromatic rings. The molecule has 0 aliphatic rings. The van der Waals surface area contributed by atoms with Crippen LogP contribution < -0.4 is 0 Å². The molecular formula is C9H6BrNO3. The first-order valence-electron chi connectivity index (χ1n) is 3.68. The molecular weight excluding hydrogens is 250 g/mol. The van der Waals surface area contributed by atoms with Crippen LogP contribution in [-0.2, 0) is 11.2 Å². The summed E-state index contributed by atoms with van der Waals surface area (Å²) in [6.45, 7) is 0. The molecule has 0 saturated heterocycles. The predicted octanol–water partition coefficient (Wildman–Crippen LogP) is 1.65. The van der Waals surface area contributed by atoms with Gasteiger partial charge in [-0.05, 0) is 33.6 Å². The lowest BCUT2D eigenvalue weighted by Gasteiger charge is -2.02. The number of aromatic hydroxyl groups is 1. The van der Waals surface area contributed by atoms with Crippen molar-refractivity contribution in [3.8, 4) is 11.8 Å². The van der Waals surface area contributed by atoms with E-state index >= 15 is 0 Å². The van der Waals surface area contributed by atoms with Crippen LogP contribution in [0.2, 0.25) is 0 Å². The zero-order valence-corrected chi connectivity index (χ0v) is 8.58. The van der Waals surface area contributed by atoms with Gasteiger partial charge < -0.3 is 10.2 Å². The number of halogens is 1. The summed E-state index contributed by atoms with van der Waals surface area (Å²) in [7, 11) is 0. The van der Waals surface area contributed by atoms with Crippen LogP contribution in [0.3, 0.4) is 0 Å². The molecule has 0 fully saturated rings. The fourth-order valence-corrected chi connectivity index (χ4v) is 1.52. The number of nitrogens with zero attached hydrogens (tertiary/aromatic N) is 1. The fraction of sp³-hybridized carbons (Fsp3) is 0.111. The quantitative estimate of drug-likeness (QED) is 0.842. The van der Waals surface area contributed by atoms with Crippen LogP contribution >= 0.6 is 15.9 Å². The molecule has 0 spiro atoms. The van der Waals surface area contributed by atoms with Gasteiger partial charge in [-0.15, -0.1) is 0 Å². The molecule has 0 unspecified atom stereocenters. The number of carboxylic acids is 1. The molecule has 0 aliphatic heterocycles. The normalized spacial score (nSPS) is 9.43. The van der Waals surface area contributed by atoms with Gasteiger partial charge >= 0.3 is 5.97 Å². The Morgan fingerprint density at radius 1 is 1.57 bits per heavy atom. The van der Waals surface area contributed by atoms with Gasteiger partial charge in [0.2, 0.25) is 0 Å². The molecule has 0 heterocycles. The van der Waals surface area contributed by atoms with Gasteiger partial charge in [0, 0.05) is 0 Å². The number of benzene rings is 1. The topological polar surface area (TPSA) is 81.3 Å². The Bertz CT molecular complexity index is 423. The van der Waals surface area contributed by atoms with E-state index in [0.29, 0.717) is 10.0 Å². The van der Waals surface area contributed by atoms with Crippen LogP contribution in [0.5, 0.6) is 5.75 Å². The molecule has 14 heavy (non-hydrogen) atoms. The molecule has 1 rings (SSSR count). The molecule has 2 N–H and O–H groups in total. The van der Waals surface area contributed by atoms with Gasteiger partial charge in [0.15, 0.2) is 0 Å². The van der Waals surface area contributed by atoms with Crippen LogP contribution in [0.15, 0.2) is 16.6 Å². The number of carboxylic acid groups (broad SMARTS) is 1. The third-order valence-electron chi connectivity index (χ3n) is 1.60. The lowest BCUT2D eigenvalue weighted by Crippen LogP contribution is -2.00. The summed E-state index contributed by atoms with van der Waals surface area (Å²) in [6, 6.07) is 4.61. The van der Waals surface area contributed by atoms with Gasteiger partial charge in [0.1, 0.15) is 11.8 Å². The van der Waals surface area contributed by atoms with Gasteiger partial charge in [-0.2, -0.15) is 5.26 Å². The van der Waals surface area contributed by atoms with Crippen molar-refractivity contribution in [2.45, 2.75) is 6.42 Å². The minimum atomic E-state index is -0.980. The van der Waals surface area contributed by atoms with Gasteiger partial charge in [0.25, 0.3) is 0 Å². The van der Waals surface area contributed by atoms with Crippen molar-refractivity contribution in [3.05, 3.63) is 27.7 Å². The number of rotatable bonds is 2. The maximum atomic E-state index is 10.4. The van der Waals surface area contributed by atoms with Crippen LogP contribution in [0.25, 0.3) is 0 Å². The highest BCUT2D eigenvalue weighted by atomic mass is 79.9. The molecule has 0 radical (unpaired) electrons. The molecule has 1 aromatic carbocycles. The summed E-state index contributed by atoms with van der Waals surface area (Å²) >= 11 is 3.03. The number of hydrogen-bond acceptors (Lipinski definition) is 3. The van der Waals surface area contributed by atoms with Crippen molar-refractivity contribution in [3.63, 3.8) is 0 Å². The molecule has 5 heteroatoms. The first-order chi connectivity index (χ1) is 6.54. The minimum Gasteiger partial charge on any atom is -0.505 e. The highest BCUT2D eigenvalue weighted by Gasteiger charge is 2.09. The average molecular weight is 256 g/mol. The summed E-state index contributed by atoms with van der Waals surface area (Å²) in [5.74, 6) is -1.15. The maximum absolute atomic E-state index is 10.4. The van der Waals surface area contributed by atoms with E-state index < -0.39 is 5.97 Å². The van der Waals surface area contributed by atoms with Gasteiger partial charge in [-0.1, -0.05) is 0 Å². The van der Waals surface area contributed by atoms with Crippen LogP contribution in [0, 0.1) is 11.3 Å². The molecule has 0 amide bonds. The van der Waals surface area contributed by atoms with E-state index in [9.17, 15) is 9.90 Å². The maximum Gasteiger partial charge on any atom is 0.307 e. The summed E-state index contributed by atoms with van der Waals surface area (Å²) in [6.07, 6.45) is -0.173. The van der Waals surface area contributed by atoms with Crippen molar-refractivity contribution in [1.29, 1.82) is 5.26 Å². The monoisotopic (exact) mass is 255 g/mol. The molecule has 72 valence electrons. The standard InChI is InChI=1S/C9H6BrNO3/c10-7-2-5(3-8(12)13)1-6(4-11)9(7)14/h1-2,14H,3H2,(H,12,13). The lowest BCUT2D eigenvalue weighted by molar-refractivity contribution is -0.136. The lowest BCUT2D eigenvalue weighted by atomic mass is 10.1. The summed E-state index contributed by atoms with van der Waals surface area (Å²) in [5, 5.41) is 26.5. The van der Waals surface area contributed by atoms with E-state index in [1.165, 1.54) is 12.1 Å². The summed E-state index contributed by atoms with van der Waals surface area (Å²) in [5.41, 5.74) is 0.536. The van der Waals surface area contributed by atoms with E-state index in [-0.39, 0.29) is 17.7 Å². The van der Waals surface area contributed by atoms with Crippen LogP contribution in [0.1, 0.15) is 11.1 Å². The van der Waals surface area contributed by atoms with Crippen molar-refractivity contribution in [2.24, 2.45) is 0 Å².